The first kappa shape index (κ1) is 11.9. The third kappa shape index (κ3) is 1.80. The van der Waals surface area contributed by atoms with E-state index >= 15 is 0 Å². The van der Waals surface area contributed by atoms with Gasteiger partial charge in [0.05, 0.1) is 11.9 Å². The third-order valence-corrected chi connectivity index (χ3v) is 3.84. The Morgan fingerprint density at radius 1 is 1.37 bits per heavy atom. The Kier molecular flexibility index (Phi) is 2.60. The van der Waals surface area contributed by atoms with E-state index in [1.54, 1.807) is 16.5 Å². The van der Waals surface area contributed by atoms with Crippen molar-refractivity contribution in [3.05, 3.63) is 46.9 Å². The summed E-state index contributed by atoms with van der Waals surface area (Å²) in [6, 6.07) is 5.98. The molecule has 4 nitrogen and oxygen atoms in total. The van der Waals surface area contributed by atoms with E-state index in [1.807, 2.05) is 6.92 Å². The second-order valence-electron chi connectivity index (χ2n) is 4.08. The van der Waals surface area contributed by atoms with E-state index in [1.165, 1.54) is 29.7 Å². The number of benzene rings is 1. The van der Waals surface area contributed by atoms with E-state index in [-0.39, 0.29) is 11.5 Å². The zero-order valence-corrected chi connectivity index (χ0v) is 10.7. The minimum Gasteiger partial charge on any atom is -0.477 e. The third-order valence-electron chi connectivity index (χ3n) is 2.87. The van der Waals surface area contributed by atoms with Crippen LogP contribution in [0.5, 0.6) is 0 Å². The van der Waals surface area contributed by atoms with Crippen LogP contribution in [0.2, 0.25) is 0 Å². The van der Waals surface area contributed by atoms with Gasteiger partial charge in [-0.05, 0) is 36.8 Å². The average molecular weight is 276 g/mol. The molecule has 1 aromatic carbocycles. The molecule has 0 bridgehead atoms. The number of aromatic carboxylic acids is 1. The van der Waals surface area contributed by atoms with E-state index < -0.39 is 5.97 Å². The lowest BCUT2D eigenvalue weighted by atomic mass is 10.1. The van der Waals surface area contributed by atoms with Gasteiger partial charge in [-0.2, -0.15) is 0 Å². The fourth-order valence-electron chi connectivity index (χ4n) is 2.06. The highest BCUT2D eigenvalue weighted by atomic mass is 32.1. The van der Waals surface area contributed by atoms with E-state index in [9.17, 15) is 14.3 Å². The topological polar surface area (TPSA) is 54.6 Å². The van der Waals surface area contributed by atoms with Crippen molar-refractivity contribution in [3.63, 3.8) is 0 Å². The van der Waals surface area contributed by atoms with Gasteiger partial charge in [-0.3, -0.25) is 4.40 Å². The first-order valence-electron chi connectivity index (χ1n) is 5.54. The Hall–Kier alpha value is -2.21. The van der Waals surface area contributed by atoms with Gasteiger partial charge in [-0.15, -0.1) is 11.3 Å². The SMILES string of the molecule is Cc1sc2ncc(C(=O)O)n2c1-c1ccc(F)cc1. The Balaban J connectivity index is 2.33. The van der Waals surface area contributed by atoms with Crippen LogP contribution in [0.3, 0.4) is 0 Å². The maximum Gasteiger partial charge on any atom is 0.354 e. The van der Waals surface area contributed by atoms with Gasteiger partial charge < -0.3 is 5.11 Å². The zero-order chi connectivity index (χ0) is 13.6. The first-order chi connectivity index (χ1) is 9.08. The van der Waals surface area contributed by atoms with Crippen LogP contribution in [0.15, 0.2) is 30.5 Å². The molecule has 6 heteroatoms. The Morgan fingerprint density at radius 2 is 2.05 bits per heavy atom. The summed E-state index contributed by atoms with van der Waals surface area (Å²) < 4.78 is 14.6. The summed E-state index contributed by atoms with van der Waals surface area (Å²) in [6.45, 7) is 1.89. The lowest BCUT2D eigenvalue weighted by molar-refractivity contribution is 0.0689. The molecule has 19 heavy (non-hydrogen) atoms. The molecule has 1 N–H and O–H groups in total. The summed E-state index contributed by atoms with van der Waals surface area (Å²) in [6.07, 6.45) is 1.33. The van der Waals surface area contributed by atoms with Gasteiger partial charge in [-0.1, -0.05) is 0 Å². The molecular formula is C13H9FN2O2S. The maximum atomic E-state index is 13.0. The van der Waals surface area contributed by atoms with Gasteiger partial charge in [0.2, 0.25) is 0 Å². The first-order valence-corrected chi connectivity index (χ1v) is 6.35. The molecule has 0 aliphatic rings. The molecule has 2 aromatic heterocycles. The number of fused-ring (bicyclic) bond motifs is 1. The van der Waals surface area contributed by atoms with Crippen LogP contribution in [0, 0.1) is 12.7 Å². The number of imidazole rings is 1. The number of carboxylic acids is 1. The number of hydrogen-bond acceptors (Lipinski definition) is 3. The van der Waals surface area contributed by atoms with Crippen LogP contribution in [-0.2, 0) is 0 Å². The summed E-state index contributed by atoms with van der Waals surface area (Å²) >= 11 is 1.41. The number of carbonyl (C=O) groups is 1. The molecule has 0 atom stereocenters. The lowest BCUT2D eigenvalue weighted by Crippen LogP contribution is -2.02. The van der Waals surface area contributed by atoms with Crippen LogP contribution in [0.25, 0.3) is 16.2 Å². The summed E-state index contributed by atoms with van der Waals surface area (Å²) in [5.41, 5.74) is 1.62. The van der Waals surface area contributed by atoms with Crippen molar-refractivity contribution in [1.29, 1.82) is 0 Å². The van der Waals surface area contributed by atoms with Gasteiger partial charge in [0, 0.05) is 4.88 Å². The summed E-state index contributed by atoms with van der Waals surface area (Å²) in [4.78, 5) is 16.9. The van der Waals surface area contributed by atoms with Gasteiger partial charge >= 0.3 is 5.97 Å². The van der Waals surface area contributed by atoms with Gasteiger partial charge in [0.15, 0.2) is 10.7 Å². The quantitative estimate of drug-likeness (QED) is 0.782. The highest BCUT2D eigenvalue weighted by molar-refractivity contribution is 7.17. The molecule has 0 radical (unpaired) electrons. The van der Waals surface area contributed by atoms with E-state index in [4.69, 9.17) is 0 Å². The average Bonchev–Trinajstić information content (AvgIpc) is 2.88. The molecule has 0 amide bonds. The van der Waals surface area contributed by atoms with Crippen molar-refractivity contribution in [2.75, 3.05) is 0 Å². The van der Waals surface area contributed by atoms with Crippen LogP contribution in [0.1, 0.15) is 15.4 Å². The molecule has 0 saturated carbocycles. The summed E-state index contributed by atoms with van der Waals surface area (Å²) in [7, 11) is 0. The molecule has 2 heterocycles. The largest absolute Gasteiger partial charge is 0.477 e. The summed E-state index contributed by atoms with van der Waals surface area (Å²) in [5, 5.41) is 9.18. The molecular weight excluding hydrogens is 267 g/mol. The zero-order valence-electron chi connectivity index (χ0n) is 9.92. The van der Waals surface area contributed by atoms with Gasteiger partial charge in [-0.25, -0.2) is 14.2 Å². The molecule has 0 saturated heterocycles. The van der Waals surface area contributed by atoms with E-state index in [2.05, 4.69) is 4.98 Å². The van der Waals surface area contributed by atoms with Crippen LogP contribution < -0.4 is 0 Å². The maximum absolute atomic E-state index is 13.0. The Labute approximate surface area is 111 Å². The van der Waals surface area contributed by atoms with Crippen molar-refractivity contribution >= 4 is 22.3 Å². The van der Waals surface area contributed by atoms with Crippen molar-refractivity contribution in [3.8, 4) is 11.3 Å². The van der Waals surface area contributed by atoms with E-state index in [0.717, 1.165) is 16.1 Å². The molecule has 3 aromatic rings. The fourth-order valence-corrected chi connectivity index (χ4v) is 3.02. The fraction of sp³-hybridized carbons (Fsp3) is 0.0769. The van der Waals surface area contributed by atoms with Crippen LogP contribution >= 0.6 is 11.3 Å². The number of rotatable bonds is 2. The lowest BCUT2D eigenvalue weighted by Gasteiger charge is -2.03. The second-order valence-corrected chi connectivity index (χ2v) is 5.26. The van der Waals surface area contributed by atoms with Crippen molar-refractivity contribution in [2.45, 2.75) is 6.92 Å². The molecule has 0 spiro atoms. The van der Waals surface area contributed by atoms with Gasteiger partial charge in [0.25, 0.3) is 0 Å². The number of carboxylic acid groups (broad SMARTS) is 1. The number of aryl methyl sites for hydroxylation is 1. The van der Waals surface area contributed by atoms with Crippen molar-refractivity contribution in [1.82, 2.24) is 9.38 Å². The smallest absolute Gasteiger partial charge is 0.354 e. The number of halogens is 1. The number of nitrogens with zero attached hydrogens (tertiary/aromatic N) is 2. The molecule has 0 aliphatic carbocycles. The van der Waals surface area contributed by atoms with Crippen molar-refractivity contribution < 1.29 is 14.3 Å². The highest BCUT2D eigenvalue weighted by Crippen LogP contribution is 2.32. The number of aromatic nitrogens is 2. The molecule has 3 rings (SSSR count). The Bertz CT molecular complexity index is 774. The Morgan fingerprint density at radius 3 is 2.68 bits per heavy atom. The van der Waals surface area contributed by atoms with Crippen molar-refractivity contribution in [2.24, 2.45) is 0 Å². The minimum atomic E-state index is -1.03. The standard InChI is InChI=1S/C13H9FN2O2S/c1-7-11(8-2-4-9(14)5-3-8)16-10(12(17)18)6-15-13(16)19-7/h2-6H,1H3,(H,17,18). The van der Waals surface area contributed by atoms with Crippen LogP contribution in [-0.4, -0.2) is 20.5 Å². The summed E-state index contributed by atoms with van der Waals surface area (Å²) in [5.74, 6) is -1.36. The molecule has 96 valence electrons. The molecule has 0 unspecified atom stereocenters. The van der Waals surface area contributed by atoms with Crippen LogP contribution in [0.4, 0.5) is 4.39 Å². The van der Waals surface area contributed by atoms with E-state index in [0.29, 0.717) is 4.96 Å². The monoisotopic (exact) mass is 276 g/mol. The highest BCUT2D eigenvalue weighted by Gasteiger charge is 2.19. The van der Waals surface area contributed by atoms with Gasteiger partial charge in [0.1, 0.15) is 5.82 Å². The predicted octanol–water partition coefficient (Wildman–Crippen LogP) is 3.21. The normalized spacial score (nSPS) is 11.1. The minimum absolute atomic E-state index is 0.110. The molecule has 0 aliphatic heterocycles. The predicted molar refractivity (Wildman–Crippen MR) is 70.2 cm³/mol. The second kappa shape index (κ2) is 4.17. The molecule has 0 fully saturated rings. The number of hydrogen-bond donors (Lipinski definition) is 1. The number of thiazole rings is 1.